The number of carbonyl (C=O) groups excluding carboxylic acids is 1. The zero-order valence-electron chi connectivity index (χ0n) is 15.2. The van der Waals surface area contributed by atoms with Gasteiger partial charge in [0.05, 0.1) is 18.4 Å². The van der Waals surface area contributed by atoms with Gasteiger partial charge in [0, 0.05) is 10.0 Å². The van der Waals surface area contributed by atoms with E-state index in [2.05, 4.69) is 20.7 Å². The van der Waals surface area contributed by atoms with Crippen LogP contribution in [-0.4, -0.2) is 21.5 Å². The van der Waals surface area contributed by atoms with Gasteiger partial charge in [-0.3, -0.25) is 4.72 Å². The van der Waals surface area contributed by atoms with E-state index >= 15 is 0 Å². The first-order valence-electron chi connectivity index (χ1n) is 8.35. The highest BCUT2D eigenvalue weighted by Gasteiger charge is 2.32. The van der Waals surface area contributed by atoms with Crippen LogP contribution in [0.2, 0.25) is 0 Å². The van der Waals surface area contributed by atoms with E-state index < -0.39 is 27.6 Å². The Balaban J connectivity index is 1.85. The van der Waals surface area contributed by atoms with Gasteiger partial charge in [0.15, 0.2) is 11.6 Å². The number of halogens is 3. The number of hydrogen-bond donors (Lipinski definition) is 1. The molecule has 0 atom stereocenters. The lowest BCUT2D eigenvalue weighted by Gasteiger charge is -2.22. The zero-order chi connectivity index (χ0) is 21.6. The standard InChI is InChI=1S/C19H12BrF2NO6S/c1-27-19(24)17-13(23-30(25,26)15-5-2-9(21)6-11(15)20)4-3-10-16-12(22)7-28-14(16)8-29-18(10)17/h2-7,23H,8H2,1H3. The molecule has 0 amide bonds. The third kappa shape index (κ3) is 3.33. The molecule has 0 radical (unpaired) electrons. The van der Waals surface area contributed by atoms with Crippen LogP contribution in [0.25, 0.3) is 11.1 Å². The van der Waals surface area contributed by atoms with Crippen LogP contribution in [0.5, 0.6) is 5.75 Å². The van der Waals surface area contributed by atoms with Crippen molar-refractivity contribution in [2.75, 3.05) is 11.8 Å². The lowest BCUT2D eigenvalue weighted by Crippen LogP contribution is -2.18. The average molecular weight is 500 g/mol. The van der Waals surface area contributed by atoms with E-state index in [0.29, 0.717) is 0 Å². The first-order valence-corrected chi connectivity index (χ1v) is 10.6. The van der Waals surface area contributed by atoms with Crippen LogP contribution in [0, 0.1) is 11.6 Å². The molecule has 2 aromatic carbocycles. The molecule has 0 saturated carbocycles. The number of rotatable bonds is 4. The summed E-state index contributed by atoms with van der Waals surface area (Å²) < 4.78 is 70.9. The third-order valence-corrected chi connectivity index (χ3v) is 6.76. The molecule has 0 unspecified atom stereocenters. The Morgan fingerprint density at radius 1 is 1.23 bits per heavy atom. The molecule has 1 aromatic heterocycles. The smallest absolute Gasteiger partial charge is 0.343 e. The summed E-state index contributed by atoms with van der Waals surface area (Å²) in [5.41, 5.74) is -0.0434. The van der Waals surface area contributed by atoms with Crippen LogP contribution >= 0.6 is 15.9 Å². The maximum absolute atomic E-state index is 14.2. The van der Waals surface area contributed by atoms with Gasteiger partial charge in [-0.15, -0.1) is 0 Å². The zero-order valence-corrected chi connectivity index (χ0v) is 17.6. The summed E-state index contributed by atoms with van der Waals surface area (Å²) in [6.45, 7) is -0.157. The molecule has 7 nitrogen and oxygen atoms in total. The largest absolute Gasteiger partial charge is 0.484 e. The average Bonchev–Trinajstić information content (AvgIpc) is 3.07. The van der Waals surface area contributed by atoms with Crippen molar-refractivity contribution < 1.29 is 35.9 Å². The number of ether oxygens (including phenoxy) is 2. The summed E-state index contributed by atoms with van der Waals surface area (Å²) in [7, 11) is -3.11. The quantitative estimate of drug-likeness (QED) is 0.532. The van der Waals surface area contributed by atoms with Gasteiger partial charge in [-0.25, -0.2) is 22.0 Å². The highest BCUT2D eigenvalue weighted by molar-refractivity contribution is 9.10. The molecule has 0 aliphatic carbocycles. The fourth-order valence-corrected chi connectivity index (χ4v) is 5.23. The molecule has 30 heavy (non-hydrogen) atoms. The summed E-state index contributed by atoms with van der Waals surface area (Å²) in [4.78, 5) is 12.2. The lowest BCUT2D eigenvalue weighted by atomic mass is 9.98. The van der Waals surface area contributed by atoms with Crippen molar-refractivity contribution in [3.8, 4) is 16.9 Å². The van der Waals surface area contributed by atoms with Crippen LogP contribution < -0.4 is 9.46 Å². The maximum Gasteiger partial charge on any atom is 0.343 e. The van der Waals surface area contributed by atoms with Crippen molar-refractivity contribution in [3.63, 3.8) is 0 Å². The number of sulfonamides is 1. The Bertz CT molecular complexity index is 1290. The van der Waals surface area contributed by atoms with Gasteiger partial charge >= 0.3 is 5.97 Å². The molecule has 11 heteroatoms. The number of nitrogens with one attached hydrogen (secondary N) is 1. The normalized spacial score (nSPS) is 12.5. The molecular weight excluding hydrogens is 488 g/mol. The number of anilines is 1. The van der Waals surface area contributed by atoms with Crippen LogP contribution in [0.4, 0.5) is 14.5 Å². The van der Waals surface area contributed by atoms with E-state index in [4.69, 9.17) is 13.9 Å². The van der Waals surface area contributed by atoms with E-state index in [0.717, 1.165) is 31.6 Å². The van der Waals surface area contributed by atoms with Crippen LogP contribution in [0.15, 0.2) is 50.4 Å². The first-order chi connectivity index (χ1) is 14.2. The number of esters is 1. The molecule has 0 saturated heterocycles. The summed E-state index contributed by atoms with van der Waals surface area (Å²) in [5, 5.41) is 0. The Morgan fingerprint density at radius 2 is 2.00 bits per heavy atom. The predicted molar refractivity (Wildman–Crippen MR) is 105 cm³/mol. The number of hydrogen-bond acceptors (Lipinski definition) is 6. The minimum Gasteiger partial charge on any atom is -0.484 e. The second kappa shape index (κ2) is 7.40. The molecular formula is C19H12BrF2NO6S. The van der Waals surface area contributed by atoms with Crippen LogP contribution in [0.3, 0.4) is 0 Å². The van der Waals surface area contributed by atoms with E-state index in [1.807, 2.05) is 0 Å². The first kappa shape index (κ1) is 20.4. The number of furan rings is 1. The maximum atomic E-state index is 14.2. The number of benzene rings is 2. The predicted octanol–water partition coefficient (Wildman–Crippen LogP) is 4.47. The summed E-state index contributed by atoms with van der Waals surface area (Å²) in [6, 6.07) is 5.73. The molecule has 1 aliphatic rings. The fourth-order valence-electron chi connectivity index (χ4n) is 3.11. The van der Waals surface area contributed by atoms with Crippen molar-refractivity contribution in [1.82, 2.24) is 0 Å². The molecule has 4 rings (SSSR count). The van der Waals surface area contributed by atoms with Gasteiger partial charge in [0.2, 0.25) is 0 Å². The van der Waals surface area contributed by atoms with Gasteiger partial charge < -0.3 is 13.9 Å². The monoisotopic (exact) mass is 499 g/mol. The van der Waals surface area contributed by atoms with Gasteiger partial charge in [-0.2, -0.15) is 0 Å². The Labute approximate surface area is 177 Å². The molecule has 1 N–H and O–H groups in total. The molecule has 156 valence electrons. The molecule has 1 aliphatic heterocycles. The summed E-state index contributed by atoms with van der Waals surface area (Å²) in [5.74, 6) is -1.98. The number of methoxy groups -OCH3 is 1. The van der Waals surface area contributed by atoms with E-state index in [9.17, 15) is 22.0 Å². The van der Waals surface area contributed by atoms with Crippen molar-refractivity contribution in [2.24, 2.45) is 0 Å². The fraction of sp³-hybridized carbons (Fsp3) is 0.105. The second-order valence-electron chi connectivity index (χ2n) is 6.21. The minimum absolute atomic E-state index is 0.00561. The van der Waals surface area contributed by atoms with Crippen molar-refractivity contribution in [2.45, 2.75) is 11.5 Å². The molecule has 2 heterocycles. The van der Waals surface area contributed by atoms with Gasteiger partial charge in [-0.1, -0.05) is 0 Å². The van der Waals surface area contributed by atoms with E-state index in [-0.39, 0.29) is 49.9 Å². The highest BCUT2D eigenvalue weighted by atomic mass is 79.9. The minimum atomic E-state index is -4.23. The molecule has 0 bridgehead atoms. The second-order valence-corrected chi connectivity index (χ2v) is 8.71. The van der Waals surface area contributed by atoms with Gasteiger partial charge in [0.1, 0.15) is 34.9 Å². The van der Waals surface area contributed by atoms with Crippen molar-refractivity contribution in [1.29, 1.82) is 0 Å². The molecule has 0 spiro atoms. The topological polar surface area (TPSA) is 94.8 Å². The van der Waals surface area contributed by atoms with Crippen LogP contribution in [-0.2, 0) is 21.4 Å². The van der Waals surface area contributed by atoms with Gasteiger partial charge in [0.25, 0.3) is 10.0 Å². The van der Waals surface area contributed by atoms with Crippen molar-refractivity contribution in [3.05, 3.63) is 64.0 Å². The SMILES string of the molecule is COC(=O)c1c(NS(=O)(=O)c2ccc(F)cc2Br)ccc2c1OCc1occ(F)c1-2. The van der Waals surface area contributed by atoms with E-state index in [1.54, 1.807) is 0 Å². The molecule has 3 aromatic rings. The summed E-state index contributed by atoms with van der Waals surface area (Å²) in [6.07, 6.45) is 0.920. The Kier molecular flexibility index (Phi) is 5.02. The molecule has 0 fully saturated rings. The number of fused-ring (bicyclic) bond motifs is 3. The van der Waals surface area contributed by atoms with E-state index in [1.165, 1.54) is 12.1 Å². The highest BCUT2D eigenvalue weighted by Crippen LogP contribution is 2.45. The van der Waals surface area contributed by atoms with Crippen molar-refractivity contribution >= 4 is 37.6 Å². The lowest BCUT2D eigenvalue weighted by molar-refractivity contribution is 0.0596. The Morgan fingerprint density at radius 3 is 2.70 bits per heavy atom. The number of carbonyl (C=O) groups is 1. The van der Waals surface area contributed by atoms with Gasteiger partial charge in [-0.05, 0) is 46.3 Å². The third-order valence-electron chi connectivity index (χ3n) is 4.41. The Hall–Kier alpha value is -2.92. The van der Waals surface area contributed by atoms with Crippen LogP contribution in [0.1, 0.15) is 16.1 Å². The summed E-state index contributed by atoms with van der Waals surface area (Å²) >= 11 is 3.01.